The van der Waals surface area contributed by atoms with Crippen molar-refractivity contribution in [2.45, 2.75) is 82.5 Å². The maximum atomic E-state index is 12.5. The Balaban J connectivity index is 1.69. The van der Waals surface area contributed by atoms with E-state index in [0.717, 1.165) is 19.3 Å². The number of hydrogen-bond acceptors (Lipinski definition) is 4. The first-order chi connectivity index (χ1) is 9.64. The summed E-state index contributed by atoms with van der Waals surface area (Å²) in [5, 5.41) is 3.62. The lowest BCUT2D eigenvalue weighted by Gasteiger charge is -2.32. The van der Waals surface area contributed by atoms with Gasteiger partial charge in [-0.1, -0.05) is 0 Å². The van der Waals surface area contributed by atoms with E-state index >= 15 is 0 Å². The van der Waals surface area contributed by atoms with Crippen molar-refractivity contribution in [1.29, 1.82) is 0 Å². The number of nitrogens with zero attached hydrogens (tertiary/aromatic N) is 1. The van der Waals surface area contributed by atoms with Crippen molar-refractivity contribution in [3.05, 3.63) is 0 Å². The quantitative estimate of drug-likeness (QED) is 0.783. The minimum atomic E-state index is -0.399. The smallest absolute Gasteiger partial charge is 0.326 e. The molecule has 0 aromatic heterocycles. The van der Waals surface area contributed by atoms with Crippen molar-refractivity contribution < 1.29 is 9.53 Å². The van der Waals surface area contributed by atoms with Gasteiger partial charge in [0.2, 0.25) is 0 Å². The maximum Gasteiger partial charge on any atom is 0.326 e. The first kappa shape index (κ1) is 14.3. The van der Waals surface area contributed by atoms with Crippen molar-refractivity contribution in [2.75, 3.05) is 13.2 Å². The zero-order valence-corrected chi connectivity index (χ0v) is 12.9. The molecule has 0 radical (unpaired) electrons. The number of likely N-dealkylation sites (tertiary alicyclic amines) is 1. The number of ether oxygens (including phenoxy) is 1. The van der Waals surface area contributed by atoms with Gasteiger partial charge in [0.15, 0.2) is 0 Å². The summed E-state index contributed by atoms with van der Waals surface area (Å²) >= 11 is 0. The Morgan fingerprint density at radius 2 is 2.15 bits per heavy atom. The van der Waals surface area contributed by atoms with Crippen LogP contribution in [0.5, 0.6) is 0 Å². The van der Waals surface area contributed by atoms with Crippen LogP contribution in [0.3, 0.4) is 0 Å². The van der Waals surface area contributed by atoms with Gasteiger partial charge in [-0.05, 0) is 65.3 Å². The highest BCUT2D eigenvalue weighted by Crippen LogP contribution is 2.39. The molecule has 0 amide bonds. The Hall–Kier alpha value is -0.610. The molecule has 3 rings (SSSR count). The molecule has 1 N–H and O–H groups in total. The molecule has 1 saturated heterocycles. The minimum Gasteiger partial charge on any atom is -0.465 e. The molecule has 0 spiro atoms. The van der Waals surface area contributed by atoms with E-state index in [9.17, 15) is 4.79 Å². The third-order valence-corrected chi connectivity index (χ3v) is 5.29. The third kappa shape index (κ3) is 2.73. The highest BCUT2D eigenvalue weighted by Gasteiger charge is 2.50. The van der Waals surface area contributed by atoms with Crippen LogP contribution >= 0.6 is 0 Å². The molecule has 1 heterocycles. The highest BCUT2D eigenvalue weighted by molar-refractivity contribution is 5.81. The molecule has 4 nitrogen and oxygen atoms in total. The zero-order valence-electron chi connectivity index (χ0n) is 12.9. The molecule has 2 saturated carbocycles. The van der Waals surface area contributed by atoms with Crippen molar-refractivity contribution in [3.8, 4) is 0 Å². The van der Waals surface area contributed by atoms with Gasteiger partial charge in [-0.2, -0.15) is 0 Å². The lowest BCUT2D eigenvalue weighted by molar-refractivity contribution is -0.151. The molecular formula is C16H28N2O2. The number of nitrogens with one attached hydrogen (secondary N) is 1. The zero-order chi connectivity index (χ0) is 14.2. The lowest BCUT2D eigenvalue weighted by Crippen LogP contribution is -2.53. The summed E-state index contributed by atoms with van der Waals surface area (Å²) in [6, 6.07) is 1.79. The molecule has 0 bridgehead atoms. The van der Waals surface area contributed by atoms with Crippen molar-refractivity contribution in [2.24, 2.45) is 0 Å². The normalized spacial score (nSPS) is 38.3. The summed E-state index contributed by atoms with van der Waals surface area (Å²) in [6.07, 6.45) is 8.04. The van der Waals surface area contributed by atoms with E-state index in [-0.39, 0.29) is 5.97 Å². The van der Waals surface area contributed by atoms with E-state index < -0.39 is 5.54 Å². The van der Waals surface area contributed by atoms with Gasteiger partial charge in [0, 0.05) is 18.1 Å². The first-order valence-corrected chi connectivity index (χ1v) is 8.35. The van der Waals surface area contributed by atoms with Crippen LogP contribution < -0.4 is 5.32 Å². The first-order valence-electron chi connectivity index (χ1n) is 8.35. The minimum absolute atomic E-state index is 0.0127. The van der Waals surface area contributed by atoms with Crippen LogP contribution in [-0.4, -0.2) is 47.7 Å². The van der Waals surface area contributed by atoms with Crippen LogP contribution in [0.2, 0.25) is 0 Å². The average molecular weight is 280 g/mol. The van der Waals surface area contributed by atoms with Gasteiger partial charge in [0.1, 0.15) is 5.54 Å². The fourth-order valence-corrected chi connectivity index (χ4v) is 4.06. The second kappa shape index (κ2) is 5.64. The predicted octanol–water partition coefficient (Wildman–Crippen LogP) is 2.08. The Morgan fingerprint density at radius 3 is 2.75 bits per heavy atom. The van der Waals surface area contributed by atoms with Gasteiger partial charge >= 0.3 is 5.97 Å². The van der Waals surface area contributed by atoms with Gasteiger partial charge < -0.3 is 4.74 Å². The SMILES string of the molecule is CCOC(=O)C1(NC2CC2)CCC(N2CCCC2C)C1. The number of hydrogen-bond donors (Lipinski definition) is 1. The summed E-state index contributed by atoms with van der Waals surface area (Å²) in [6.45, 7) is 5.91. The predicted molar refractivity (Wildman–Crippen MR) is 78.6 cm³/mol. The lowest BCUT2D eigenvalue weighted by atomic mass is 9.96. The van der Waals surface area contributed by atoms with E-state index in [1.807, 2.05) is 6.92 Å². The molecular weight excluding hydrogens is 252 g/mol. The van der Waals surface area contributed by atoms with E-state index in [1.54, 1.807) is 0 Å². The average Bonchev–Trinajstić information content (AvgIpc) is 2.95. The van der Waals surface area contributed by atoms with Crippen molar-refractivity contribution in [1.82, 2.24) is 10.2 Å². The van der Waals surface area contributed by atoms with Crippen LogP contribution in [0.4, 0.5) is 0 Å². The number of carbonyl (C=O) groups excluding carboxylic acids is 1. The Morgan fingerprint density at radius 1 is 1.35 bits per heavy atom. The van der Waals surface area contributed by atoms with E-state index in [0.29, 0.717) is 24.7 Å². The second-order valence-corrected chi connectivity index (χ2v) is 6.85. The Kier molecular flexibility index (Phi) is 4.04. The molecule has 0 aromatic rings. The Labute approximate surface area is 122 Å². The number of rotatable bonds is 5. The van der Waals surface area contributed by atoms with Gasteiger partial charge in [-0.3, -0.25) is 15.0 Å². The van der Waals surface area contributed by atoms with Crippen LogP contribution in [0.25, 0.3) is 0 Å². The van der Waals surface area contributed by atoms with Crippen LogP contribution in [-0.2, 0) is 9.53 Å². The van der Waals surface area contributed by atoms with Crippen LogP contribution in [0.1, 0.15) is 58.8 Å². The van der Waals surface area contributed by atoms with E-state index in [4.69, 9.17) is 4.74 Å². The fraction of sp³-hybridized carbons (Fsp3) is 0.938. The molecule has 3 fully saturated rings. The van der Waals surface area contributed by atoms with Crippen molar-refractivity contribution >= 4 is 5.97 Å². The molecule has 3 aliphatic rings. The van der Waals surface area contributed by atoms with Gasteiger partial charge in [0.25, 0.3) is 0 Å². The largest absolute Gasteiger partial charge is 0.465 e. The van der Waals surface area contributed by atoms with Gasteiger partial charge in [-0.25, -0.2) is 0 Å². The highest BCUT2D eigenvalue weighted by atomic mass is 16.5. The fourth-order valence-electron chi connectivity index (χ4n) is 4.06. The monoisotopic (exact) mass is 280 g/mol. The third-order valence-electron chi connectivity index (χ3n) is 5.29. The summed E-state index contributed by atoms with van der Waals surface area (Å²) in [4.78, 5) is 15.1. The van der Waals surface area contributed by atoms with Gasteiger partial charge in [-0.15, -0.1) is 0 Å². The summed E-state index contributed by atoms with van der Waals surface area (Å²) in [5.41, 5.74) is -0.399. The maximum absolute atomic E-state index is 12.5. The summed E-state index contributed by atoms with van der Waals surface area (Å²) in [5.74, 6) is -0.0127. The molecule has 114 valence electrons. The number of esters is 1. The standard InChI is InChI=1S/C16H28N2O2/c1-3-20-15(19)16(17-13-6-7-13)9-8-14(11-16)18-10-4-5-12(18)2/h12-14,17H,3-11H2,1-2H3. The molecule has 0 aromatic carbocycles. The van der Waals surface area contributed by atoms with E-state index in [1.165, 1.54) is 32.2 Å². The molecule has 3 unspecified atom stereocenters. The summed E-state index contributed by atoms with van der Waals surface area (Å²) in [7, 11) is 0. The topological polar surface area (TPSA) is 41.6 Å². The van der Waals surface area contributed by atoms with Gasteiger partial charge in [0.05, 0.1) is 6.61 Å². The Bertz CT molecular complexity index is 369. The number of carbonyl (C=O) groups is 1. The van der Waals surface area contributed by atoms with Crippen molar-refractivity contribution in [3.63, 3.8) is 0 Å². The molecule has 1 aliphatic heterocycles. The summed E-state index contributed by atoms with van der Waals surface area (Å²) < 4.78 is 5.38. The molecule has 20 heavy (non-hydrogen) atoms. The molecule has 2 aliphatic carbocycles. The second-order valence-electron chi connectivity index (χ2n) is 6.85. The van der Waals surface area contributed by atoms with Crippen LogP contribution in [0, 0.1) is 0 Å². The molecule has 4 heteroatoms. The van der Waals surface area contributed by atoms with Crippen LogP contribution in [0.15, 0.2) is 0 Å². The van der Waals surface area contributed by atoms with E-state index in [2.05, 4.69) is 17.1 Å². The molecule has 3 atom stereocenters.